The highest BCUT2D eigenvalue weighted by atomic mass is 32.2. The zero-order chi connectivity index (χ0) is 9.99. The molecule has 0 saturated heterocycles. The average molecular weight is 188 g/mol. The molecule has 0 radical (unpaired) electrons. The highest BCUT2D eigenvalue weighted by Crippen LogP contribution is 2.39. The second-order valence-corrected chi connectivity index (χ2v) is 6.80. The Labute approximate surface area is 82.5 Å². The Morgan fingerprint density at radius 2 is 1.50 bits per heavy atom. The molecular weight excluding hydrogens is 164 g/mol. The lowest BCUT2D eigenvalue weighted by Crippen LogP contribution is -2.29. The first-order valence-electron chi connectivity index (χ1n) is 4.76. The minimum atomic E-state index is 0.424. The minimum Gasteiger partial charge on any atom is -0.159 e. The van der Waals surface area contributed by atoms with E-state index < -0.39 is 0 Å². The van der Waals surface area contributed by atoms with Crippen molar-refractivity contribution in [3.05, 3.63) is 0 Å². The summed E-state index contributed by atoms with van der Waals surface area (Å²) in [5, 5.41) is 0. The van der Waals surface area contributed by atoms with E-state index in [4.69, 9.17) is 0 Å². The Morgan fingerprint density at radius 3 is 1.75 bits per heavy atom. The van der Waals surface area contributed by atoms with Crippen LogP contribution in [0.5, 0.6) is 0 Å². The molecule has 0 heterocycles. The van der Waals surface area contributed by atoms with Crippen LogP contribution in [-0.4, -0.2) is 11.0 Å². The quantitative estimate of drug-likeness (QED) is 0.637. The van der Waals surface area contributed by atoms with E-state index in [-0.39, 0.29) is 0 Å². The van der Waals surface area contributed by atoms with Crippen molar-refractivity contribution in [1.82, 2.24) is 0 Å². The SMILES string of the molecule is CSC(C)(C)CC(C)(C)C(C)C. The van der Waals surface area contributed by atoms with Crippen molar-refractivity contribution in [3.63, 3.8) is 0 Å². The van der Waals surface area contributed by atoms with E-state index in [1.807, 2.05) is 11.8 Å². The first kappa shape index (κ1) is 12.3. The van der Waals surface area contributed by atoms with Crippen LogP contribution in [0.2, 0.25) is 0 Å². The summed E-state index contributed by atoms with van der Waals surface area (Å²) in [5.74, 6) is 0.768. The van der Waals surface area contributed by atoms with Gasteiger partial charge in [-0.25, -0.2) is 0 Å². The third-order valence-corrected chi connectivity index (χ3v) is 4.25. The number of rotatable bonds is 4. The standard InChI is InChI=1S/C11H24S/c1-9(2)10(3,4)8-11(5,6)12-7/h9H,8H2,1-7H3. The van der Waals surface area contributed by atoms with Crippen LogP contribution in [0.15, 0.2) is 0 Å². The summed E-state index contributed by atoms with van der Waals surface area (Å²) in [5.41, 5.74) is 0.465. The Kier molecular flexibility index (Phi) is 4.16. The zero-order valence-corrected chi connectivity index (χ0v) is 10.5. The van der Waals surface area contributed by atoms with E-state index in [1.54, 1.807) is 0 Å². The number of thioether (sulfide) groups is 1. The molecule has 0 aliphatic heterocycles. The molecule has 0 aromatic rings. The van der Waals surface area contributed by atoms with Crippen LogP contribution in [0.25, 0.3) is 0 Å². The molecule has 0 N–H and O–H groups in total. The molecular formula is C11H24S. The monoisotopic (exact) mass is 188 g/mol. The number of hydrogen-bond acceptors (Lipinski definition) is 1. The summed E-state index contributed by atoms with van der Waals surface area (Å²) in [6.45, 7) is 14.0. The fraction of sp³-hybridized carbons (Fsp3) is 1.00. The summed E-state index contributed by atoms with van der Waals surface area (Å²) in [6, 6.07) is 0. The molecule has 0 aromatic carbocycles. The average Bonchev–Trinajstić information content (AvgIpc) is 1.85. The van der Waals surface area contributed by atoms with Crippen molar-refractivity contribution in [2.75, 3.05) is 6.26 Å². The van der Waals surface area contributed by atoms with Gasteiger partial charge in [0.1, 0.15) is 0 Å². The lowest BCUT2D eigenvalue weighted by atomic mass is 9.75. The zero-order valence-electron chi connectivity index (χ0n) is 9.69. The maximum absolute atomic E-state index is 2.37. The van der Waals surface area contributed by atoms with Gasteiger partial charge in [0.05, 0.1) is 0 Å². The molecule has 12 heavy (non-hydrogen) atoms. The van der Waals surface area contributed by atoms with Crippen LogP contribution in [0.1, 0.15) is 48.0 Å². The van der Waals surface area contributed by atoms with Crippen LogP contribution in [0, 0.1) is 11.3 Å². The summed E-state index contributed by atoms with van der Waals surface area (Å²) in [6.07, 6.45) is 3.50. The predicted molar refractivity (Wildman–Crippen MR) is 60.8 cm³/mol. The molecule has 0 aliphatic carbocycles. The van der Waals surface area contributed by atoms with E-state index in [0.717, 1.165) is 5.92 Å². The van der Waals surface area contributed by atoms with Gasteiger partial charge in [-0.15, -0.1) is 0 Å². The van der Waals surface area contributed by atoms with Gasteiger partial charge in [0.2, 0.25) is 0 Å². The highest BCUT2D eigenvalue weighted by molar-refractivity contribution is 7.99. The molecule has 0 aliphatic rings. The second kappa shape index (κ2) is 4.04. The smallest absolute Gasteiger partial charge is 0.0106 e. The first-order valence-corrected chi connectivity index (χ1v) is 5.99. The molecule has 0 saturated carbocycles. The van der Waals surface area contributed by atoms with Crippen molar-refractivity contribution in [1.29, 1.82) is 0 Å². The fourth-order valence-electron chi connectivity index (χ4n) is 1.37. The molecule has 0 unspecified atom stereocenters. The third-order valence-electron chi connectivity index (χ3n) is 3.00. The molecule has 0 spiro atoms. The van der Waals surface area contributed by atoms with Gasteiger partial charge in [0, 0.05) is 4.75 Å². The van der Waals surface area contributed by atoms with Crippen molar-refractivity contribution in [2.45, 2.75) is 52.7 Å². The Hall–Kier alpha value is 0.350. The van der Waals surface area contributed by atoms with E-state index in [0.29, 0.717) is 10.2 Å². The van der Waals surface area contributed by atoms with Crippen molar-refractivity contribution in [3.8, 4) is 0 Å². The molecule has 0 amide bonds. The largest absolute Gasteiger partial charge is 0.159 e. The van der Waals surface area contributed by atoms with Crippen LogP contribution in [0.4, 0.5) is 0 Å². The first-order chi connectivity index (χ1) is 5.21. The number of hydrogen-bond donors (Lipinski definition) is 0. The van der Waals surface area contributed by atoms with Crippen LogP contribution < -0.4 is 0 Å². The maximum atomic E-state index is 2.37. The molecule has 0 fully saturated rings. The van der Waals surface area contributed by atoms with Gasteiger partial charge in [-0.3, -0.25) is 0 Å². The summed E-state index contributed by atoms with van der Waals surface area (Å²) < 4.78 is 0.424. The predicted octanol–water partition coefficient (Wildman–Crippen LogP) is 4.20. The van der Waals surface area contributed by atoms with Gasteiger partial charge in [-0.2, -0.15) is 11.8 Å². The lowest BCUT2D eigenvalue weighted by molar-refractivity contribution is 0.210. The lowest BCUT2D eigenvalue weighted by Gasteiger charge is -2.36. The van der Waals surface area contributed by atoms with Crippen LogP contribution in [0.3, 0.4) is 0 Å². The van der Waals surface area contributed by atoms with Gasteiger partial charge >= 0.3 is 0 Å². The molecule has 0 bridgehead atoms. The molecule has 74 valence electrons. The van der Waals surface area contributed by atoms with Crippen molar-refractivity contribution < 1.29 is 0 Å². The van der Waals surface area contributed by atoms with Crippen LogP contribution >= 0.6 is 11.8 Å². The van der Waals surface area contributed by atoms with Gasteiger partial charge in [0.15, 0.2) is 0 Å². The Morgan fingerprint density at radius 1 is 1.08 bits per heavy atom. The van der Waals surface area contributed by atoms with Gasteiger partial charge in [-0.05, 0) is 24.0 Å². The molecule has 1 heteroatoms. The van der Waals surface area contributed by atoms with Gasteiger partial charge in [0.25, 0.3) is 0 Å². The van der Waals surface area contributed by atoms with Crippen molar-refractivity contribution in [2.24, 2.45) is 11.3 Å². The molecule has 0 rings (SSSR count). The third kappa shape index (κ3) is 3.84. The van der Waals surface area contributed by atoms with Gasteiger partial charge in [-0.1, -0.05) is 41.5 Å². The molecule has 0 atom stereocenters. The van der Waals surface area contributed by atoms with Gasteiger partial charge < -0.3 is 0 Å². The summed E-state index contributed by atoms with van der Waals surface area (Å²) >= 11 is 1.97. The molecule has 0 aromatic heterocycles. The highest BCUT2D eigenvalue weighted by Gasteiger charge is 2.30. The normalized spacial score (nSPS) is 14.0. The minimum absolute atomic E-state index is 0.424. The topological polar surface area (TPSA) is 0 Å². The van der Waals surface area contributed by atoms with Crippen LogP contribution in [-0.2, 0) is 0 Å². The second-order valence-electron chi connectivity index (χ2n) is 5.28. The van der Waals surface area contributed by atoms with E-state index in [9.17, 15) is 0 Å². The summed E-state index contributed by atoms with van der Waals surface area (Å²) in [4.78, 5) is 0. The fourth-order valence-corrected chi connectivity index (χ4v) is 1.89. The Bertz CT molecular complexity index is 134. The van der Waals surface area contributed by atoms with Crippen molar-refractivity contribution >= 4 is 11.8 Å². The van der Waals surface area contributed by atoms with E-state index in [1.165, 1.54) is 6.42 Å². The Balaban J connectivity index is 4.23. The van der Waals surface area contributed by atoms with E-state index >= 15 is 0 Å². The maximum Gasteiger partial charge on any atom is 0.0106 e. The van der Waals surface area contributed by atoms with E-state index in [2.05, 4.69) is 47.8 Å². The summed E-state index contributed by atoms with van der Waals surface area (Å²) in [7, 11) is 0. The molecule has 0 nitrogen and oxygen atoms in total.